The summed E-state index contributed by atoms with van der Waals surface area (Å²) in [4.78, 5) is 18.1. The standard InChI is InChI=1S/C27H22N4OS/c1-19-8-7-15-31-25(19)29-26(33-18-20-9-3-2-4-10-20)24(27(31)32)17-28-30-23-14-13-21-11-5-6-12-22(21)16-23/h2-17,30H,18H2,1H3. The van der Waals surface area contributed by atoms with Gasteiger partial charge in [0.1, 0.15) is 10.7 Å². The second-order valence-corrected chi connectivity index (χ2v) is 8.69. The number of hydrogen-bond acceptors (Lipinski definition) is 5. The predicted molar refractivity (Wildman–Crippen MR) is 137 cm³/mol. The molecule has 0 aliphatic rings. The Morgan fingerprint density at radius 2 is 1.76 bits per heavy atom. The minimum atomic E-state index is -0.136. The first-order valence-electron chi connectivity index (χ1n) is 10.7. The molecule has 0 aliphatic heterocycles. The summed E-state index contributed by atoms with van der Waals surface area (Å²) in [6.07, 6.45) is 3.32. The van der Waals surface area contributed by atoms with Crippen molar-refractivity contribution in [2.24, 2.45) is 5.10 Å². The van der Waals surface area contributed by atoms with Gasteiger partial charge in [0.05, 0.1) is 17.5 Å². The van der Waals surface area contributed by atoms with E-state index in [4.69, 9.17) is 4.98 Å². The van der Waals surface area contributed by atoms with Crippen LogP contribution in [-0.4, -0.2) is 15.6 Å². The minimum Gasteiger partial charge on any atom is -0.278 e. The van der Waals surface area contributed by atoms with Crippen LogP contribution in [0.5, 0.6) is 0 Å². The highest BCUT2D eigenvalue weighted by Crippen LogP contribution is 2.24. The van der Waals surface area contributed by atoms with E-state index in [0.29, 0.717) is 22.0 Å². The van der Waals surface area contributed by atoms with Gasteiger partial charge in [-0.15, -0.1) is 11.8 Å². The van der Waals surface area contributed by atoms with E-state index in [1.54, 1.807) is 28.6 Å². The highest BCUT2D eigenvalue weighted by Gasteiger charge is 2.13. The van der Waals surface area contributed by atoms with E-state index >= 15 is 0 Å². The van der Waals surface area contributed by atoms with Crippen LogP contribution in [0.25, 0.3) is 16.4 Å². The maximum atomic E-state index is 13.3. The van der Waals surface area contributed by atoms with Crippen LogP contribution in [-0.2, 0) is 5.75 Å². The first kappa shape index (κ1) is 21.0. The summed E-state index contributed by atoms with van der Waals surface area (Å²) in [5.74, 6) is 0.717. The van der Waals surface area contributed by atoms with Gasteiger partial charge in [0.15, 0.2) is 0 Å². The normalized spacial score (nSPS) is 11.4. The van der Waals surface area contributed by atoms with Crippen molar-refractivity contribution in [3.8, 4) is 0 Å². The molecule has 162 valence electrons. The molecule has 2 heterocycles. The van der Waals surface area contributed by atoms with Crippen LogP contribution in [0.15, 0.2) is 106 Å². The number of hydrazone groups is 1. The molecule has 33 heavy (non-hydrogen) atoms. The molecule has 0 unspecified atom stereocenters. The Morgan fingerprint density at radius 1 is 0.970 bits per heavy atom. The molecule has 1 N–H and O–H groups in total. The quantitative estimate of drug-likeness (QED) is 0.152. The smallest absolute Gasteiger partial charge is 0.267 e. The van der Waals surface area contributed by atoms with Gasteiger partial charge in [0.2, 0.25) is 0 Å². The summed E-state index contributed by atoms with van der Waals surface area (Å²) in [7, 11) is 0. The Balaban J connectivity index is 1.49. The Labute approximate surface area is 195 Å². The molecular formula is C27H22N4OS. The highest BCUT2D eigenvalue weighted by atomic mass is 32.2. The van der Waals surface area contributed by atoms with Gasteiger partial charge >= 0.3 is 0 Å². The summed E-state index contributed by atoms with van der Waals surface area (Å²) in [5, 5.41) is 7.34. The number of aromatic nitrogens is 2. The second kappa shape index (κ2) is 9.30. The minimum absolute atomic E-state index is 0.136. The number of thioether (sulfide) groups is 1. The summed E-state index contributed by atoms with van der Waals surface area (Å²) in [6.45, 7) is 1.96. The molecule has 5 nitrogen and oxygen atoms in total. The Kier molecular flexibility index (Phi) is 5.91. The number of rotatable bonds is 6. The van der Waals surface area contributed by atoms with Gasteiger partial charge in [0, 0.05) is 11.9 Å². The van der Waals surface area contributed by atoms with Crippen LogP contribution in [0.1, 0.15) is 16.7 Å². The number of aryl methyl sites for hydroxylation is 1. The first-order valence-corrected chi connectivity index (χ1v) is 11.6. The van der Waals surface area contributed by atoms with Crippen LogP contribution in [0, 0.1) is 6.92 Å². The maximum absolute atomic E-state index is 13.3. The summed E-state index contributed by atoms with van der Waals surface area (Å²) in [5.41, 5.74) is 7.03. The van der Waals surface area contributed by atoms with Crippen LogP contribution in [0.4, 0.5) is 5.69 Å². The third kappa shape index (κ3) is 4.52. The fourth-order valence-electron chi connectivity index (χ4n) is 3.67. The highest BCUT2D eigenvalue weighted by molar-refractivity contribution is 7.98. The molecular weight excluding hydrogens is 428 g/mol. The monoisotopic (exact) mass is 450 g/mol. The number of anilines is 1. The Morgan fingerprint density at radius 3 is 2.61 bits per heavy atom. The molecule has 0 atom stereocenters. The van der Waals surface area contributed by atoms with Crippen LogP contribution < -0.4 is 11.0 Å². The van der Waals surface area contributed by atoms with Crippen molar-refractivity contribution in [2.45, 2.75) is 17.7 Å². The predicted octanol–water partition coefficient (Wildman–Crippen LogP) is 5.89. The number of benzene rings is 3. The van der Waals surface area contributed by atoms with Crippen molar-refractivity contribution in [3.05, 3.63) is 118 Å². The summed E-state index contributed by atoms with van der Waals surface area (Å²) < 4.78 is 1.58. The average Bonchev–Trinajstić information content (AvgIpc) is 2.85. The first-order chi connectivity index (χ1) is 16.2. The lowest BCUT2D eigenvalue weighted by Crippen LogP contribution is -2.21. The van der Waals surface area contributed by atoms with Crippen molar-refractivity contribution in [2.75, 3.05) is 5.43 Å². The van der Waals surface area contributed by atoms with Gasteiger partial charge < -0.3 is 0 Å². The number of hydrogen-bond donors (Lipinski definition) is 1. The topological polar surface area (TPSA) is 58.8 Å². The zero-order valence-corrected chi connectivity index (χ0v) is 18.9. The molecule has 0 spiro atoms. The van der Waals surface area contributed by atoms with Crippen molar-refractivity contribution in [3.63, 3.8) is 0 Å². The van der Waals surface area contributed by atoms with E-state index in [9.17, 15) is 4.79 Å². The van der Waals surface area contributed by atoms with Gasteiger partial charge in [-0.2, -0.15) is 5.10 Å². The van der Waals surface area contributed by atoms with Crippen molar-refractivity contribution in [1.82, 2.24) is 9.38 Å². The van der Waals surface area contributed by atoms with Gasteiger partial charge in [-0.1, -0.05) is 66.7 Å². The Bertz CT molecular complexity index is 1530. The molecule has 0 bridgehead atoms. The fraction of sp³-hybridized carbons (Fsp3) is 0.0741. The molecule has 0 fully saturated rings. The van der Waals surface area contributed by atoms with Gasteiger partial charge in [-0.3, -0.25) is 14.6 Å². The van der Waals surface area contributed by atoms with Crippen molar-refractivity contribution in [1.29, 1.82) is 0 Å². The lowest BCUT2D eigenvalue weighted by molar-refractivity contribution is 0.967. The van der Waals surface area contributed by atoms with E-state index in [1.807, 2.05) is 67.6 Å². The molecule has 6 heteroatoms. The number of nitrogens with zero attached hydrogens (tertiary/aromatic N) is 3. The number of pyridine rings is 1. The largest absolute Gasteiger partial charge is 0.278 e. The average molecular weight is 451 g/mol. The molecule has 3 aromatic carbocycles. The SMILES string of the molecule is Cc1cccn2c(=O)c(C=NNc3ccc4ccccc4c3)c(SCc3ccccc3)nc12. The molecule has 5 aromatic rings. The molecule has 0 aliphatic carbocycles. The molecule has 0 saturated carbocycles. The lowest BCUT2D eigenvalue weighted by Gasteiger charge is -2.10. The summed E-state index contributed by atoms with van der Waals surface area (Å²) in [6, 6.07) is 28.2. The third-order valence-corrected chi connectivity index (χ3v) is 6.47. The van der Waals surface area contributed by atoms with Crippen LogP contribution in [0.2, 0.25) is 0 Å². The van der Waals surface area contributed by atoms with Gasteiger partial charge in [-0.05, 0) is 47.0 Å². The van der Waals surface area contributed by atoms with Crippen molar-refractivity contribution >= 4 is 40.1 Å². The number of fused-ring (bicyclic) bond motifs is 2. The van der Waals surface area contributed by atoms with E-state index < -0.39 is 0 Å². The zero-order chi connectivity index (χ0) is 22.6. The van der Waals surface area contributed by atoms with E-state index in [2.05, 4.69) is 34.8 Å². The van der Waals surface area contributed by atoms with Gasteiger partial charge in [-0.25, -0.2) is 4.98 Å². The van der Waals surface area contributed by atoms with Crippen molar-refractivity contribution < 1.29 is 0 Å². The summed E-state index contributed by atoms with van der Waals surface area (Å²) >= 11 is 1.54. The molecule has 0 saturated heterocycles. The molecule has 2 aromatic heterocycles. The van der Waals surface area contributed by atoms with Gasteiger partial charge in [0.25, 0.3) is 5.56 Å². The molecule has 0 amide bonds. The van der Waals surface area contributed by atoms with E-state index in [1.165, 1.54) is 10.9 Å². The Hall–Kier alpha value is -3.90. The number of nitrogens with one attached hydrogen (secondary N) is 1. The zero-order valence-electron chi connectivity index (χ0n) is 18.1. The molecule has 0 radical (unpaired) electrons. The van der Waals surface area contributed by atoms with Crippen LogP contribution in [0.3, 0.4) is 0 Å². The van der Waals surface area contributed by atoms with E-state index in [0.717, 1.165) is 16.6 Å². The molecule has 5 rings (SSSR count). The second-order valence-electron chi connectivity index (χ2n) is 7.73. The van der Waals surface area contributed by atoms with E-state index in [-0.39, 0.29) is 5.56 Å². The lowest BCUT2D eigenvalue weighted by atomic mass is 10.1. The fourth-order valence-corrected chi connectivity index (χ4v) is 4.61. The van der Waals surface area contributed by atoms with Crippen LogP contribution >= 0.6 is 11.8 Å². The maximum Gasteiger partial charge on any atom is 0.267 e. The third-order valence-electron chi connectivity index (χ3n) is 5.40.